The minimum absolute atomic E-state index is 0.136. The summed E-state index contributed by atoms with van der Waals surface area (Å²) in [6, 6.07) is 6.72. The Morgan fingerprint density at radius 2 is 1.89 bits per heavy atom. The third-order valence-corrected chi connectivity index (χ3v) is 2.05. The Morgan fingerprint density at radius 3 is 2.44 bits per heavy atom. The highest BCUT2D eigenvalue weighted by molar-refractivity contribution is 6.02. The van der Waals surface area contributed by atoms with Gasteiger partial charge >= 0.3 is 6.09 Å². The second-order valence-electron chi connectivity index (χ2n) is 4.87. The van der Waals surface area contributed by atoms with Crippen molar-refractivity contribution in [2.24, 2.45) is 0 Å². The third-order valence-electron chi connectivity index (χ3n) is 2.05. The predicted molar refractivity (Wildman–Crippen MR) is 69.4 cm³/mol. The molecular weight excluding hydrogens is 232 g/mol. The summed E-state index contributed by atoms with van der Waals surface area (Å²) in [6.45, 7) is 5.12. The van der Waals surface area contributed by atoms with Crippen LogP contribution in [0.5, 0.6) is 0 Å². The average molecular weight is 250 g/mol. The van der Waals surface area contributed by atoms with Crippen molar-refractivity contribution in [1.29, 1.82) is 0 Å². The lowest BCUT2D eigenvalue weighted by Gasteiger charge is -2.19. The van der Waals surface area contributed by atoms with Crippen LogP contribution in [-0.2, 0) is 4.74 Å². The molecule has 0 aromatic heterocycles. The molecule has 18 heavy (non-hydrogen) atoms. The normalized spacial score (nSPS) is 10.8. The number of Topliss-reactive ketones (excluding diaryl/α,β-unsaturated/α-hetero) is 1. The maximum Gasteiger partial charge on any atom is 0.408 e. The number of benzene rings is 1. The van der Waals surface area contributed by atoms with Crippen LogP contribution in [0.3, 0.4) is 0 Å². The number of ether oxygens (including phenoxy) is 1. The minimum Gasteiger partial charge on any atom is -0.444 e. The summed E-state index contributed by atoms with van der Waals surface area (Å²) in [5, 5.41) is 2.40. The summed E-state index contributed by atoms with van der Waals surface area (Å²) in [4.78, 5) is 23.1. The lowest BCUT2D eigenvalue weighted by atomic mass is 10.1. The molecule has 1 aromatic rings. The van der Waals surface area contributed by atoms with Crippen LogP contribution in [0.25, 0.3) is 0 Å². The Kier molecular flexibility index (Phi) is 4.31. The lowest BCUT2D eigenvalue weighted by Crippen LogP contribution is -2.35. The molecule has 5 nitrogen and oxygen atoms in total. The van der Waals surface area contributed by atoms with Gasteiger partial charge in [-0.3, -0.25) is 4.79 Å². The van der Waals surface area contributed by atoms with Crippen molar-refractivity contribution in [3.05, 3.63) is 29.8 Å². The van der Waals surface area contributed by atoms with Gasteiger partial charge in [0.1, 0.15) is 5.60 Å². The van der Waals surface area contributed by atoms with E-state index in [2.05, 4.69) is 5.32 Å². The minimum atomic E-state index is -0.620. The van der Waals surface area contributed by atoms with E-state index >= 15 is 0 Å². The number of nitrogens with one attached hydrogen (secondary N) is 1. The van der Waals surface area contributed by atoms with Crippen LogP contribution in [0.4, 0.5) is 10.5 Å². The van der Waals surface area contributed by atoms with Gasteiger partial charge in [-0.25, -0.2) is 4.79 Å². The molecule has 0 aliphatic rings. The van der Waals surface area contributed by atoms with Gasteiger partial charge in [0.05, 0.1) is 6.54 Å². The van der Waals surface area contributed by atoms with E-state index in [9.17, 15) is 9.59 Å². The maximum atomic E-state index is 11.8. The van der Waals surface area contributed by atoms with E-state index in [0.717, 1.165) is 0 Å². The quantitative estimate of drug-likeness (QED) is 0.634. The Labute approximate surface area is 106 Å². The fourth-order valence-corrected chi connectivity index (χ4v) is 1.31. The van der Waals surface area contributed by atoms with Crippen molar-refractivity contribution in [3.8, 4) is 0 Å². The summed E-state index contributed by atoms with van der Waals surface area (Å²) in [7, 11) is 0. The second-order valence-corrected chi connectivity index (χ2v) is 4.87. The van der Waals surface area contributed by atoms with Crippen LogP contribution in [0.15, 0.2) is 24.3 Å². The zero-order valence-corrected chi connectivity index (χ0v) is 10.8. The number of ketones is 1. The topological polar surface area (TPSA) is 81.4 Å². The number of carbonyl (C=O) groups excluding carboxylic acids is 2. The van der Waals surface area contributed by atoms with Crippen molar-refractivity contribution in [1.82, 2.24) is 5.32 Å². The van der Waals surface area contributed by atoms with E-state index in [1.165, 1.54) is 0 Å². The molecule has 0 fully saturated rings. The highest BCUT2D eigenvalue weighted by Crippen LogP contribution is 2.11. The molecule has 0 atom stereocenters. The Morgan fingerprint density at radius 1 is 1.28 bits per heavy atom. The molecule has 1 rings (SSSR count). The fraction of sp³-hybridized carbons (Fsp3) is 0.385. The van der Waals surface area contributed by atoms with Crippen LogP contribution in [0.2, 0.25) is 0 Å². The van der Waals surface area contributed by atoms with Gasteiger partial charge in [-0.1, -0.05) is 12.1 Å². The number of hydrogen-bond acceptors (Lipinski definition) is 4. The predicted octanol–water partition coefficient (Wildman–Crippen LogP) is 1.98. The summed E-state index contributed by atoms with van der Waals surface area (Å²) in [5.41, 5.74) is 5.87. The zero-order chi connectivity index (χ0) is 13.8. The molecule has 98 valence electrons. The molecule has 0 saturated heterocycles. The Balaban J connectivity index is 2.52. The monoisotopic (exact) mass is 250 g/mol. The number of amides is 1. The van der Waals surface area contributed by atoms with Crippen molar-refractivity contribution in [3.63, 3.8) is 0 Å². The molecule has 1 amide bonds. The second kappa shape index (κ2) is 5.53. The largest absolute Gasteiger partial charge is 0.444 e. The number of carbonyl (C=O) groups is 2. The van der Waals surface area contributed by atoms with Gasteiger partial charge in [-0.2, -0.15) is 0 Å². The van der Waals surface area contributed by atoms with E-state index in [4.69, 9.17) is 10.5 Å². The molecule has 3 N–H and O–H groups in total. The van der Waals surface area contributed by atoms with Gasteiger partial charge in [0.2, 0.25) is 0 Å². The van der Waals surface area contributed by atoms with Crippen LogP contribution in [0.1, 0.15) is 31.1 Å². The van der Waals surface area contributed by atoms with Gasteiger partial charge in [0.15, 0.2) is 5.78 Å². The molecule has 0 spiro atoms. The molecule has 5 heteroatoms. The number of nitrogens with two attached hydrogens (primary N) is 1. The Bertz CT molecular complexity index is 450. The number of para-hydroxylation sites is 1. The number of rotatable bonds is 3. The van der Waals surface area contributed by atoms with Crippen molar-refractivity contribution < 1.29 is 14.3 Å². The smallest absolute Gasteiger partial charge is 0.408 e. The van der Waals surface area contributed by atoms with Gasteiger partial charge in [0.25, 0.3) is 0 Å². The summed E-state index contributed by atoms with van der Waals surface area (Å²) >= 11 is 0. The first kappa shape index (κ1) is 14.0. The first-order valence-electron chi connectivity index (χ1n) is 5.64. The van der Waals surface area contributed by atoms with E-state index in [1.807, 2.05) is 0 Å². The number of hydrogen-bond donors (Lipinski definition) is 2. The molecule has 0 aliphatic heterocycles. The molecule has 0 aliphatic carbocycles. The first-order valence-corrected chi connectivity index (χ1v) is 5.64. The van der Waals surface area contributed by atoms with E-state index in [1.54, 1.807) is 45.0 Å². The molecule has 0 bridgehead atoms. The summed E-state index contributed by atoms with van der Waals surface area (Å²) < 4.78 is 5.02. The van der Waals surface area contributed by atoms with Crippen molar-refractivity contribution >= 4 is 17.6 Å². The van der Waals surface area contributed by atoms with Crippen molar-refractivity contribution in [2.75, 3.05) is 12.3 Å². The molecular formula is C13H18N2O3. The van der Waals surface area contributed by atoms with Crippen LogP contribution < -0.4 is 11.1 Å². The molecule has 1 aromatic carbocycles. The highest BCUT2D eigenvalue weighted by Gasteiger charge is 2.17. The molecule has 0 radical (unpaired) electrons. The van der Waals surface area contributed by atoms with E-state index in [-0.39, 0.29) is 12.3 Å². The number of anilines is 1. The Hall–Kier alpha value is -2.04. The van der Waals surface area contributed by atoms with Crippen LogP contribution >= 0.6 is 0 Å². The maximum absolute atomic E-state index is 11.8. The summed E-state index contributed by atoms with van der Waals surface area (Å²) in [5.74, 6) is -0.251. The number of nitrogen functional groups attached to an aromatic ring is 1. The lowest BCUT2D eigenvalue weighted by molar-refractivity contribution is 0.0520. The zero-order valence-electron chi connectivity index (χ0n) is 10.8. The fourth-order valence-electron chi connectivity index (χ4n) is 1.31. The highest BCUT2D eigenvalue weighted by atomic mass is 16.6. The van der Waals surface area contributed by atoms with Gasteiger partial charge < -0.3 is 15.8 Å². The van der Waals surface area contributed by atoms with E-state index < -0.39 is 11.7 Å². The number of alkyl carbamates (subject to hydrolysis) is 1. The van der Waals surface area contributed by atoms with Gasteiger partial charge in [0, 0.05) is 11.3 Å². The molecule has 0 heterocycles. The summed E-state index contributed by atoms with van der Waals surface area (Å²) in [6.07, 6.45) is -0.620. The standard InChI is InChI=1S/C13H18N2O3/c1-13(2,3)18-12(17)15-8-11(16)9-6-4-5-7-10(9)14/h4-7H,8,14H2,1-3H3,(H,15,17). The molecule has 0 saturated carbocycles. The van der Waals surface area contributed by atoms with Gasteiger partial charge in [-0.05, 0) is 32.9 Å². The van der Waals surface area contributed by atoms with Crippen molar-refractivity contribution in [2.45, 2.75) is 26.4 Å². The van der Waals surface area contributed by atoms with Crippen LogP contribution in [-0.4, -0.2) is 24.0 Å². The average Bonchev–Trinajstić information content (AvgIpc) is 2.24. The van der Waals surface area contributed by atoms with Gasteiger partial charge in [-0.15, -0.1) is 0 Å². The SMILES string of the molecule is CC(C)(C)OC(=O)NCC(=O)c1ccccc1N. The first-order chi connectivity index (χ1) is 8.29. The van der Waals surface area contributed by atoms with Crippen LogP contribution in [0, 0.1) is 0 Å². The van der Waals surface area contributed by atoms with E-state index in [0.29, 0.717) is 11.3 Å². The molecule has 0 unspecified atom stereocenters. The third kappa shape index (κ3) is 4.45.